The highest BCUT2D eigenvalue weighted by molar-refractivity contribution is 8.01. The van der Waals surface area contributed by atoms with Gasteiger partial charge in [-0.1, -0.05) is 52.9 Å². The van der Waals surface area contributed by atoms with Crippen molar-refractivity contribution in [3.63, 3.8) is 0 Å². The molecule has 1 N–H and O–H groups in total. The van der Waals surface area contributed by atoms with Crippen molar-refractivity contribution < 1.29 is 22.7 Å². The molecule has 0 spiro atoms. The number of amides is 1. The number of aromatic nitrogens is 2. The fourth-order valence-electron chi connectivity index (χ4n) is 2.60. The van der Waals surface area contributed by atoms with Gasteiger partial charge in [0.2, 0.25) is 5.13 Å². The second kappa shape index (κ2) is 10.1. The molecule has 12 heteroatoms. The fraction of sp³-hybridized carbons (Fsp3) is 0.200. The lowest BCUT2D eigenvalue weighted by molar-refractivity contribution is -0.137. The first-order chi connectivity index (χ1) is 15.2. The van der Waals surface area contributed by atoms with Gasteiger partial charge in [0.25, 0.3) is 15.9 Å². The standard InChI is InChI=1S/C20H20N4O5S3/c1-13-8-10-14(11-9-13)32(27,28)24(2)16-7-5-4-6-15(16)18(26)21-19-22-23-20(31-19)30-12-17(25)29-3/h4-11H,12H2,1-3H3,(H,21,22,26). The number of thioether (sulfide) groups is 1. The molecule has 0 aliphatic rings. The Kier molecular flexibility index (Phi) is 7.48. The van der Waals surface area contributed by atoms with Crippen molar-refractivity contribution in [2.24, 2.45) is 0 Å². The summed E-state index contributed by atoms with van der Waals surface area (Å²) in [7, 11) is -1.18. The molecule has 1 amide bonds. The van der Waals surface area contributed by atoms with Crippen LogP contribution >= 0.6 is 23.1 Å². The zero-order valence-corrected chi connectivity index (χ0v) is 19.9. The summed E-state index contributed by atoms with van der Waals surface area (Å²) in [6.45, 7) is 1.87. The van der Waals surface area contributed by atoms with Crippen molar-refractivity contribution in [1.82, 2.24) is 10.2 Å². The molecular weight excluding hydrogens is 472 g/mol. The second-order valence-electron chi connectivity index (χ2n) is 6.49. The van der Waals surface area contributed by atoms with Gasteiger partial charge in [0.15, 0.2) is 4.34 Å². The number of ether oxygens (including phenoxy) is 1. The maximum absolute atomic E-state index is 13.1. The third kappa shape index (κ3) is 5.44. The van der Waals surface area contributed by atoms with Crippen LogP contribution in [0.15, 0.2) is 57.8 Å². The fourth-order valence-corrected chi connectivity index (χ4v) is 5.39. The van der Waals surface area contributed by atoms with Crippen molar-refractivity contribution in [1.29, 1.82) is 0 Å². The Morgan fingerprint density at radius 3 is 2.50 bits per heavy atom. The van der Waals surface area contributed by atoms with E-state index >= 15 is 0 Å². The van der Waals surface area contributed by atoms with Gasteiger partial charge in [-0.3, -0.25) is 19.2 Å². The molecule has 32 heavy (non-hydrogen) atoms. The maximum atomic E-state index is 13.1. The molecule has 0 aliphatic carbocycles. The van der Waals surface area contributed by atoms with Gasteiger partial charge in [-0.05, 0) is 31.2 Å². The lowest BCUT2D eigenvalue weighted by Gasteiger charge is -2.22. The number of esters is 1. The monoisotopic (exact) mass is 492 g/mol. The lowest BCUT2D eigenvalue weighted by atomic mass is 10.1. The summed E-state index contributed by atoms with van der Waals surface area (Å²) in [4.78, 5) is 24.3. The number of para-hydroxylation sites is 1. The molecule has 3 aromatic rings. The van der Waals surface area contributed by atoms with Crippen LogP contribution < -0.4 is 9.62 Å². The number of nitrogens with zero attached hydrogens (tertiary/aromatic N) is 3. The molecule has 0 bridgehead atoms. The van der Waals surface area contributed by atoms with E-state index in [-0.39, 0.29) is 27.0 Å². The first kappa shape index (κ1) is 23.7. The van der Waals surface area contributed by atoms with E-state index in [0.717, 1.165) is 33.0 Å². The molecule has 0 aliphatic heterocycles. The van der Waals surface area contributed by atoms with Crippen molar-refractivity contribution in [3.05, 3.63) is 59.7 Å². The SMILES string of the molecule is COC(=O)CSc1nnc(NC(=O)c2ccccc2N(C)S(=O)(=O)c2ccc(C)cc2)s1. The predicted octanol–water partition coefficient (Wildman–Crippen LogP) is 3.19. The normalized spacial score (nSPS) is 11.1. The maximum Gasteiger partial charge on any atom is 0.316 e. The van der Waals surface area contributed by atoms with Crippen LogP contribution in [0.2, 0.25) is 0 Å². The average Bonchev–Trinajstić information content (AvgIpc) is 3.24. The third-order valence-electron chi connectivity index (χ3n) is 4.34. The van der Waals surface area contributed by atoms with E-state index < -0.39 is 21.9 Å². The average molecular weight is 493 g/mol. The highest BCUT2D eigenvalue weighted by atomic mass is 32.2. The largest absolute Gasteiger partial charge is 0.468 e. The molecule has 3 rings (SSSR count). The summed E-state index contributed by atoms with van der Waals surface area (Å²) in [5.41, 5.74) is 1.31. The van der Waals surface area contributed by atoms with Gasteiger partial charge in [0, 0.05) is 7.05 Å². The first-order valence-corrected chi connectivity index (χ1v) is 12.5. The Morgan fingerprint density at radius 2 is 1.81 bits per heavy atom. The number of hydrogen-bond donors (Lipinski definition) is 1. The van der Waals surface area contributed by atoms with E-state index in [2.05, 4.69) is 20.3 Å². The summed E-state index contributed by atoms with van der Waals surface area (Å²) in [6, 6.07) is 12.9. The van der Waals surface area contributed by atoms with Gasteiger partial charge in [0.05, 0.1) is 29.0 Å². The molecule has 0 radical (unpaired) electrons. The second-order valence-corrected chi connectivity index (χ2v) is 10.7. The van der Waals surface area contributed by atoms with E-state index in [1.54, 1.807) is 30.3 Å². The quantitative estimate of drug-likeness (QED) is 0.289. The Morgan fingerprint density at radius 1 is 1.12 bits per heavy atom. The van der Waals surface area contributed by atoms with E-state index in [1.165, 1.54) is 32.4 Å². The Bertz CT molecular complexity index is 1230. The smallest absolute Gasteiger partial charge is 0.316 e. The van der Waals surface area contributed by atoms with Crippen molar-refractivity contribution in [2.75, 3.05) is 29.5 Å². The molecule has 0 atom stereocenters. The molecule has 1 aromatic heterocycles. The summed E-state index contributed by atoms with van der Waals surface area (Å²) in [5, 5.41) is 10.7. The topological polar surface area (TPSA) is 119 Å². The van der Waals surface area contributed by atoms with Gasteiger partial charge in [-0.15, -0.1) is 10.2 Å². The lowest BCUT2D eigenvalue weighted by Crippen LogP contribution is -2.29. The minimum atomic E-state index is -3.87. The van der Waals surface area contributed by atoms with E-state index in [9.17, 15) is 18.0 Å². The first-order valence-electron chi connectivity index (χ1n) is 9.21. The number of carbonyl (C=O) groups is 2. The number of anilines is 2. The van der Waals surface area contributed by atoms with Crippen LogP contribution in [-0.2, 0) is 19.6 Å². The summed E-state index contributed by atoms with van der Waals surface area (Å²) < 4.78 is 32.3. The van der Waals surface area contributed by atoms with Gasteiger partial charge in [-0.2, -0.15) is 0 Å². The van der Waals surface area contributed by atoms with E-state index in [4.69, 9.17) is 0 Å². The predicted molar refractivity (Wildman–Crippen MR) is 124 cm³/mol. The molecule has 0 saturated heterocycles. The van der Waals surface area contributed by atoms with Crippen LogP contribution in [0.3, 0.4) is 0 Å². The molecule has 2 aromatic carbocycles. The van der Waals surface area contributed by atoms with E-state index in [0.29, 0.717) is 4.34 Å². The summed E-state index contributed by atoms with van der Waals surface area (Å²) in [6.07, 6.45) is 0. The molecular formula is C20H20N4O5S3. The van der Waals surface area contributed by atoms with Crippen molar-refractivity contribution >= 4 is 55.8 Å². The number of aryl methyl sites for hydroxylation is 1. The highest BCUT2D eigenvalue weighted by Crippen LogP contribution is 2.29. The van der Waals surface area contributed by atoms with Gasteiger partial charge >= 0.3 is 5.97 Å². The number of nitrogens with one attached hydrogen (secondary N) is 1. The van der Waals surface area contributed by atoms with Crippen LogP contribution in [0.1, 0.15) is 15.9 Å². The molecule has 1 heterocycles. The van der Waals surface area contributed by atoms with E-state index in [1.807, 2.05) is 6.92 Å². The number of sulfonamides is 1. The Labute approximate surface area is 193 Å². The zero-order valence-electron chi connectivity index (χ0n) is 17.4. The Balaban J connectivity index is 1.80. The van der Waals surface area contributed by atoms with Crippen molar-refractivity contribution in [2.45, 2.75) is 16.2 Å². The van der Waals surface area contributed by atoms with Crippen LogP contribution in [-0.4, -0.2) is 50.4 Å². The number of carbonyl (C=O) groups excluding carboxylic acids is 2. The van der Waals surface area contributed by atoms with Crippen LogP contribution in [0, 0.1) is 6.92 Å². The third-order valence-corrected chi connectivity index (χ3v) is 8.07. The van der Waals surface area contributed by atoms with Crippen LogP contribution in [0.4, 0.5) is 10.8 Å². The highest BCUT2D eigenvalue weighted by Gasteiger charge is 2.25. The minimum absolute atomic E-state index is 0.0730. The van der Waals surface area contributed by atoms with Gasteiger partial charge in [-0.25, -0.2) is 8.42 Å². The van der Waals surface area contributed by atoms with Crippen LogP contribution in [0.25, 0.3) is 0 Å². The Hall–Kier alpha value is -2.96. The number of benzene rings is 2. The molecule has 0 unspecified atom stereocenters. The van der Waals surface area contributed by atoms with Crippen molar-refractivity contribution in [3.8, 4) is 0 Å². The summed E-state index contributed by atoms with van der Waals surface area (Å²) >= 11 is 2.23. The van der Waals surface area contributed by atoms with Crippen LogP contribution in [0.5, 0.6) is 0 Å². The number of hydrogen-bond acceptors (Lipinski definition) is 9. The molecule has 168 valence electrons. The van der Waals surface area contributed by atoms with Gasteiger partial charge in [0.1, 0.15) is 0 Å². The molecule has 9 nitrogen and oxygen atoms in total. The number of methoxy groups -OCH3 is 1. The summed E-state index contributed by atoms with van der Waals surface area (Å²) in [5.74, 6) is -0.862. The molecule has 0 saturated carbocycles. The zero-order chi connectivity index (χ0) is 23.3. The number of rotatable bonds is 8. The molecule has 0 fully saturated rings. The van der Waals surface area contributed by atoms with Gasteiger partial charge < -0.3 is 4.74 Å². The minimum Gasteiger partial charge on any atom is -0.468 e.